The van der Waals surface area contributed by atoms with Gasteiger partial charge in [-0.1, -0.05) is 23.8 Å². The molecule has 1 aliphatic rings. The molecule has 128 valence electrons. The molecule has 1 aromatic carbocycles. The van der Waals surface area contributed by atoms with Gasteiger partial charge in [0.05, 0.1) is 5.57 Å². The maximum atomic E-state index is 12.3. The highest BCUT2D eigenvalue weighted by atomic mass is 16.5. The van der Waals surface area contributed by atoms with Gasteiger partial charge in [-0.15, -0.1) is 0 Å². The quantitative estimate of drug-likeness (QED) is 0.444. The summed E-state index contributed by atoms with van der Waals surface area (Å²) in [7, 11) is 1.94. The van der Waals surface area contributed by atoms with E-state index in [1.807, 2.05) is 61.0 Å². The summed E-state index contributed by atoms with van der Waals surface area (Å²) < 4.78 is 7.31. The first kappa shape index (κ1) is 17.3. The van der Waals surface area contributed by atoms with E-state index in [0.717, 1.165) is 27.7 Å². The normalized spacial score (nSPS) is 15.2. The minimum Gasteiger partial charge on any atom is -0.420 e. The fraction of sp³-hybridized carbons (Fsp3) is 0.190. The van der Waals surface area contributed by atoms with Crippen molar-refractivity contribution in [3.05, 3.63) is 63.6 Å². The van der Waals surface area contributed by atoms with E-state index in [1.165, 1.54) is 0 Å². The SMILES string of the molecule is CC(C)=C1C(=O)OC(=C(C#N)C#N)/C1=C/c1c(C)c2ccccc2n1C. The summed E-state index contributed by atoms with van der Waals surface area (Å²) in [6, 6.07) is 11.6. The molecule has 0 amide bonds. The summed E-state index contributed by atoms with van der Waals surface area (Å²) in [5, 5.41) is 19.6. The monoisotopic (exact) mass is 343 g/mol. The third-order valence-electron chi connectivity index (χ3n) is 4.56. The van der Waals surface area contributed by atoms with Crippen LogP contribution in [0.1, 0.15) is 25.1 Å². The Morgan fingerprint density at radius 1 is 1.19 bits per heavy atom. The van der Waals surface area contributed by atoms with Crippen LogP contribution in [0.25, 0.3) is 17.0 Å². The van der Waals surface area contributed by atoms with Crippen LogP contribution < -0.4 is 0 Å². The third-order valence-corrected chi connectivity index (χ3v) is 4.56. The highest BCUT2D eigenvalue weighted by Crippen LogP contribution is 2.37. The van der Waals surface area contributed by atoms with E-state index in [0.29, 0.717) is 11.1 Å². The number of benzene rings is 1. The van der Waals surface area contributed by atoms with Crippen molar-refractivity contribution in [1.82, 2.24) is 4.57 Å². The van der Waals surface area contributed by atoms with Crippen LogP contribution in [0.5, 0.6) is 0 Å². The fourth-order valence-corrected chi connectivity index (χ4v) is 3.29. The molecule has 1 aromatic heterocycles. The molecule has 3 rings (SSSR count). The molecule has 0 spiro atoms. The number of ether oxygens (including phenoxy) is 1. The summed E-state index contributed by atoms with van der Waals surface area (Å²) in [6.07, 6.45) is 1.83. The second kappa shape index (κ2) is 6.38. The van der Waals surface area contributed by atoms with Gasteiger partial charge in [0.2, 0.25) is 0 Å². The molecular weight excluding hydrogens is 326 g/mol. The number of aromatic nitrogens is 1. The maximum absolute atomic E-state index is 12.3. The van der Waals surface area contributed by atoms with Gasteiger partial charge in [0, 0.05) is 29.2 Å². The van der Waals surface area contributed by atoms with Crippen LogP contribution >= 0.6 is 0 Å². The topological polar surface area (TPSA) is 78.8 Å². The molecule has 0 bridgehead atoms. The van der Waals surface area contributed by atoms with Crippen LogP contribution in [-0.2, 0) is 16.6 Å². The Morgan fingerprint density at radius 2 is 1.85 bits per heavy atom. The molecule has 1 fully saturated rings. The van der Waals surface area contributed by atoms with Crippen molar-refractivity contribution in [2.45, 2.75) is 20.8 Å². The van der Waals surface area contributed by atoms with Crippen molar-refractivity contribution in [2.24, 2.45) is 7.05 Å². The minimum absolute atomic E-state index is 0.0286. The number of allylic oxidation sites excluding steroid dienone is 3. The van der Waals surface area contributed by atoms with Gasteiger partial charge in [-0.2, -0.15) is 10.5 Å². The number of aryl methyl sites for hydroxylation is 2. The first-order valence-electron chi connectivity index (χ1n) is 8.11. The van der Waals surface area contributed by atoms with Gasteiger partial charge >= 0.3 is 5.97 Å². The van der Waals surface area contributed by atoms with Crippen LogP contribution in [0.4, 0.5) is 0 Å². The maximum Gasteiger partial charge on any atom is 0.344 e. The average Bonchev–Trinajstić information content (AvgIpc) is 3.06. The molecule has 5 heteroatoms. The Hall–Kier alpha value is -3.57. The van der Waals surface area contributed by atoms with Gasteiger partial charge in [0.15, 0.2) is 11.3 Å². The second-order valence-electron chi connectivity index (χ2n) is 6.34. The zero-order valence-electron chi connectivity index (χ0n) is 15.0. The highest BCUT2D eigenvalue weighted by molar-refractivity contribution is 6.03. The smallest absolute Gasteiger partial charge is 0.344 e. The predicted molar refractivity (Wildman–Crippen MR) is 98.4 cm³/mol. The number of para-hydroxylation sites is 1. The molecule has 2 aromatic rings. The van der Waals surface area contributed by atoms with Gasteiger partial charge in [0.25, 0.3) is 0 Å². The molecule has 5 nitrogen and oxygen atoms in total. The molecule has 2 heterocycles. The largest absolute Gasteiger partial charge is 0.420 e. The van der Waals surface area contributed by atoms with E-state index in [4.69, 9.17) is 4.74 Å². The van der Waals surface area contributed by atoms with Crippen molar-refractivity contribution >= 4 is 22.9 Å². The fourth-order valence-electron chi connectivity index (χ4n) is 3.29. The Labute approximate surface area is 151 Å². The van der Waals surface area contributed by atoms with Gasteiger partial charge < -0.3 is 9.30 Å². The van der Waals surface area contributed by atoms with Crippen LogP contribution in [0.15, 0.2) is 52.3 Å². The molecular formula is C21H17N3O2. The van der Waals surface area contributed by atoms with E-state index >= 15 is 0 Å². The number of hydrogen-bond acceptors (Lipinski definition) is 4. The number of fused-ring (bicyclic) bond motifs is 1. The van der Waals surface area contributed by atoms with E-state index in [1.54, 1.807) is 13.8 Å². The molecule has 0 atom stereocenters. The molecule has 26 heavy (non-hydrogen) atoms. The van der Waals surface area contributed by atoms with Crippen molar-refractivity contribution < 1.29 is 9.53 Å². The zero-order chi connectivity index (χ0) is 19.0. The van der Waals surface area contributed by atoms with Gasteiger partial charge in [-0.3, -0.25) is 0 Å². The number of esters is 1. The number of cyclic esters (lactones) is 1. The van der Waals surface area contributed by atoms with E-state index in [-0.39, 0.29) is 11.3 Å². The second-order valence-corrected chi connectivity index (χ2v) is 6.34. The van der Waals surface area contributed by atoms with Crippen LogP contribution in [0.2, 0.25) is 0 Å². The van der Waals surface area contributed by atoms with Gasteiger partial charge in [-0.25, -0.2) is 4.79 Å². The van der Waals surface area contributed by atoms with Gasteiger partial charge in [-0.05, 0) is 38.5 Å². The lowest BCUT2D eigenvalue weighted by atomic mass is 9.98. The van der Waals surface area contributed by atoms with Crippen molar-refractivity contribution in [1.29, 1.82) is 10.5 Å². The van der Waals surface area contributed by atoms with Crippen molar-refractivity contribution in [2.75, 3.05) is 0 Å². The van der Waals surface area contributed by atoms with E-state index in [2.05, 4.69) is 0 Å². The number of nitriles is 2. The van der Waals surface area contributed by atoms with Gasteiger partial charge in [0.1, 0.15) is 12.1 Å². The third kappa shape index (κ3) is 2.51. The summed E-state index contributed by atoms with van der Waals surface area (Å²) in [5.41, 5.74) is 4.44. The molecule has 0 radical (unpaired) electrons. The van der Waals surface area contributed by atoms with E-state index in [9.17, 15) is 15.3 Å². The standard InChI is InChI=1S/C21H17N3O2/c1-12(2)19-16(20(26-21(19)25)14(10-22)11-23)9-18-13(3)15-7-5-6-8-17(15)24(18)4/h5-9H,1-4H3/b16-9+. The Morgan fingerprint density at radius 3 is 2.42 bits per heavy atom. The molecule has 0 saturated carbocycles. The number of nitrogens with zero attached hydrogens (tertiary/aromatic N) is 3. The highest BCUT2D eigenvalue weighted by Gasteiger charge is 2.34. The summed E-state index contributed by atoms with van der Waals surface area (Å²) in [4.78, 5) is 12.3. The number of carbonyl (C=O) groups is 1. The van der Waals surface area contributed by atoms with Crippen LogP contribution in [-0.4, -0.2) is 10.5 Å². The van der Waals surface area contributed by atoms with Crippen LogP contribution in [0, 0.1) is 29.6 Å². The Kier molecular flexibility index (Phi) is 4.24. The Bertz CT molecular complexity index is 1070. The first-order valence-corrected chi connectivity index (χ1v) is 8.11. The number of carbonyl (C=O) groups excluding carboxylic acids is 1. The summed E-state index contributed by atoms with van der Waals surface area (Å²) in [6.45, 7) is 5.62. The summed E-state index contributed by atoms with van der Waals surface area (Å²) >= 11 is 0. The molecule has 1 aliphatic heterocycles. The van der Waals surface area contributed by atoms with Crippen LogP contribution in [0.3, 0.4) is 0 Å². The van der Waals surface area contributed by atoms with Crippen molar-refractivity contribution in [3.8, 4) is 12.1 Å². The van der Waals surface area contributed by atoms with E-state index < -0.39 is 5.97 Å². The molecule has 0 aliphatic carbocycles. The average molecular weight is 343 g/mol. The Balaban J connectivity index is 2.37. The lowest BCUT2D eigenvalue weighted by molar-refractivity contribution is -0.132. The first-order chi connectivity index (χ1) is 12.4. The number of rotatable bonds is 1. The molecule has 0 N–H and O–H groups in total. The molecule has 0 unspecified atom stereocenters. The molecule has 1 saturated heterocycles. The zero-order valence-corrected chi connectivity index (χ0v) is 15.0. The summed E-state index contributed by atoms with van der Waals surface area (Å²) in [5.74, 6) is -0.508. The number of hydrogen-bond donors (Lipinski definition) is 0. The lowest BCUT2D eigenvalue weighted by Gasteiger charge is -2.05. The minimum atomic E-state index is -0.536. The van der Waals surface area contributed by atoms with Crippen molar-refractivity contribution in [3.63, 3.8) is 0 Å². The predicted octanol–water partition coefficient (Wildman–Crippen LogP) is 4.06. The lowest BCUT2D eigenvalue weighted by Crippen LogP contribution is -1.98.